The van der Waals surface area contributed by atoms with Crippen LogP contribution in [0.2, 0.25) is 0 Å². The topological polar surface area (TPSA) is 109 Å². The average molecular weight is 361 g/mol. The Hall–Kier alpha value is -2.78. The number of nitrogens with zero attached hydrogens (tertiary/aromatic N) is 2. The number of rotatable bonds is 5. The highest BCUT2D eigenvalue weighted by atomic mass is 32.2. The zero-order valence-corrected chi connectivity index (χ0v) is 13.7. The number of carbonyl (C=O) groups is 1. The lowest BCUT2D eigenvalue weighted by atomic mass is 10.2. The van der Waals surface area contributed by atoms with Crippen molar-refractivity contribution >= 4 is 33.2 Å². The summed E-state index contributed by atoms with van der Waals surface area (Å²) in [6.07, 6.45) is 0. The zero-order valence-electron chi connectivity index (χ0n) is 12.1. The minimum Gasteiger partial charge on any atom is -0.478 e. The summed E-state index contributed by atoms with van der Waals surface area (Å²) in [7, 11) is -3.88. The molecule has 0 saturated heterocycles. The first-order valence-electron chi connectivity index (χ1n) is 6.69. The van der Waals surface area contributed by atoms with Gasteiger partial charge in [0.2, 0.25) is 0 Å². The van der Waals surface area contributed by atoms with Crippen molar-refractivity contribution < 1.29 is 18.3 Å². The van der Waals surface area contributed by atoms with Gasteiger partial charge in [-0.05, 0) is 41.9 Å². The van der Waals surface area contributed by atoms with E-state index in [1.54, 1.807) is 29.6 Å². The number of aromatic carboxylic acids is 1. The quantitative estimate of drug-likeness (QED) is 0.723. The Bertz CT molecular complexity index is 968. The normalized spacial score (nSPS) is 11.2. The molecular formula is C15H11N3O4S2. The Balaban J connectivity index is 1.84. The smallest absolute Gasteiger partial charge is 0.335 e. The van der Waals surface area contributed by atoms with Crippen molar-refractivity contribution in [1.82, 2.24) is 9.59 Å². The van der Waals surface area contributed by atoms with Crippen LogP contribution in [0.25, 0.3) is 11.3 Å². The molecule has 0 amide bonds. The first kappa shape index (κ1) is 16.1. The number of aromatic nitrogens is 2. The van der Waals surface area contributed by atoms with E-state index in [-0.39, 0.29) is 10.5 Å². The van der Waals surface area contributed by atoms with Gasteiger partial charge in [-0.15, -0.1) is 5.10 Å². The van der Waals surface area contributed by atoms with E-state index in [1.807, 2.05) is 0 Å². The second kappa shape index (κ2) is 6.38. The van der Waals surface area contributed by atoms with Crippen LogP contribution < -0.4 is 4.72 Å². The van der Waals surface area contributed by atoms with Gasteiger partial charge in [-0.25, -0.2) is 13.2 Å². The van der Waals surface area contributed by atoms with Crippen molar-refractivity contribution in [3.05, 3.63) is 59.5 Å². The van der Waals surface area contributed by atoms with Crippen LogP contribution in [0.15, 0.2) is 58.8 Å². The van der Waals surface area contributed by atoms with Crippen LogP contribution in [-0.4, -0.2) is 29.1 Å². The maximum absolute atomic E-state index is 12.4. The second-order valence-corrected chi connectivity index (χ2v) is 7.10. The summed E-state index contributed by atoms with van der Waals surface area (Å²) in [5, 5.41) is 14.7. The molecule has 7 nitrogen and oxygen atoms in total. The van der Waals surface area contributed by atoms with Crippen LogP contribution in [-0.2, 0) is 10.0 Å². The molecule has 3 rings (SSSR count). The maximum atomic E-state index is 12.4. The highest BCUT2D eigenvalue weighted by Crippen LogP contribution is 2.22. The van der Waals surface area contributed by atoms with Crippen molar-refractivity contribution in [3.63, 3.8) is 0 Å². The lowest BCUT2D eigenvalue weighted by Gasteiger charge is -2.09. The van der Waals surface area contributed by atoms with E-state index in [9.17, 15) is 13.2 Å². The van der Waals surface area contributed by atoms with E-state index in [0.717, 1.165) is 11.6 Å². The fourth-order valence-electron chi connectivity index (χ4n) is 2.01. The van der Waals surface area contributed by atoms with Gasteiger partial charge in [0.15, 0.2) is 0 Å². The predicted octanol–water partition coefficient (Wildman–Crippen LogP) is 2.70. The summed E-state index contributed by atoms with van der Waals surface area (Å²) in [5.41, 5.74) is 1.80. The average Bonchev–Trinajstić information content (AvgIpc) is 3.10. The number of carboxylic acids is 1. The highest BCUT2D eigenvalue weighted by molar-refractivity contribution is 7.92. The summed E-state index contributed by atoms with van der Waals surface area (Å²) in [5.74, 6) is -1.19. The molecule has 122 valence electrons. The molecule has 0 spiro atoms. The molecule has 0 bridgehead atoms. The molecule has 3 aromatic rings. The van der Waals surface area contributed by atoms with Gasteiger partial charge in [0, 0.05) is 16.6 Å². The van der Waals surface area contributed by atoms with Crippen LogP contribution in [0.4, 0.5) is 5.69 Å². The van der Waals surface area contributed by atoms with E-state index in [1.165, 1.54) is 29.7 Å². The van der Waals surface area contributed by atoms with Crippen LogP contribution in [0.5, 0.6) is 0 Å². The third kappa shape index (κ3) is 3.42. The maximum Gasteiger partial charge on any atom is 0.335 e. The Kier molecular flexibility index (Phi) is 4.28. The summed E-state index contributed by atoms with van der Waals surface area (Å²) in [6.45, 7) is 0. The Labute approximate surface area is 141 Å². The number of nitrogens with one attached hydrogen (secondary N) is 1. The van der Waals surface area contributed by atoms with Gasteiger partial charge in [0.25, 0.3) is 10.0 Å². The lowest BCUT2D eigenvalue weighted by Crippen LogP contribution is -2.13. The number of sulfonamides is 1. The third-order valence-electron chi connectivity index (χ3n) is 3.18. The largest absolute Gasteiger partial charge is 0.478 e. The van der Waals surface area contributed by atoms with E-state index < -0.39 is 16.0 Å². The predicted molar refractivity (Wildman–Crippen MR) is 89.6 cm³/mol. The second-order valence-electron chi connectivity index (χ2n) is 4.81. The molecule has 1 aromatic heterocycles. The van der Waals surface area contributed by atoms with Gasteiger partial charge < -0.3 is 5.11 Å². The molecule has 0 aliphatic carbocycles. The molecule has 1 heterocycles. The fourth-order valence-corrected chi connectivity index (χ4v) is 3.58. The fraction of sp³-hybridized carbons (Fsp3) is 0. The van der Waals surface area contributed by atoms with Gasteiger partial charge in [0.1, 0.15) is 5.69 Å². The van der Waals surface area contributed by atoms with Crippen molar-refractivity contribution in [3.8, 4) is 11.3 Å². The number of hydrogen-bond acceptors (Lipinski definition) is 6. The first-order chi connectivity index (χ1) is 11.5. The molecule has 0 fully saturated rings. The van der Waals surface area contributed by atoms with Crippen molar-refractivity contribution in [1.29, 1.82) is 0 Å². The Morgan fingerprint density at radius 3 is 2.50 bits per heavy atom. The van der Waals surface area contributed by atoms with Crippen molar-refractivity contribution in [2.45, 2.75) is 4.90 Å². The molecule has 2 N–H and O–H groups in total. The van der Waals surface area contributed by atoms with E-state index in [2.05, 4.69) is 14.3 Å². The molecule has 24 heavy (non-hydrogen) atoms. The van der Waals surface area contributed by atoms with E-state index in [0.29, 0.717) is 11.4 Å². The SMILES string of the molecule is O=C(O)c1cccc(S(=O)(=O)Nc2ccc(-c3csnn3)cc2)c1. The molecule has 0 aliphatic rings. The van der Waals surface area contributed by atoms with Gasteiger partial charge in [-0.1, -0.05) is 22.7 Å². The molecule has 0 radical (unpaired) electrons. The molecule has 0 aliphatic heterocycles. The van der Waals surface area contributed by atoms with E-state index in [4.69, 9.17) is 5.11 Å². The highest BCUT2D eigenvalue weighted by Gasteiger charge is 2.16. The molecule has 9 heteroatoms. The molecule has 0 atom stereocenters. The number of hydrogen-bond donors (Lipinski definition) is 2. The van der Waals surface area contributed by atoms with Crippen molar-refractivity contribution in [2.24, 2.45) is 0 Å². The number of carboxylic acid groups (broad SMARTS) is 1. The van der Waals surface area contributed by atoms with Crippen LogP contribution in [0.3, 0.4) is 0 Å². The van der Waals surface area contributed by atoms with Crippen LogP contribution in [0.1, 0.15) is 10.4 Å². The molecule has 2 aromatic carbocycles. The van der Waals surface area contributed by atoms with Crippen LogP contribution >= 0.6 is 11.5 Å². The Morgan fingerprint density at radius 2 is 1.88 bits per heavy atom. The van der Waals surface area contributed by atoms with Gasteiger partial charge in [-0.3, -0.25) is 4.72 Å². The van der Waals surface area contributed by atoms with E-state index >= 15 is 0 Å². The van der Waals surface area contributed by atoms with Gasteiger partial charge in [-0.2, -0.15) is 0 Å². The first-order valence-corrected chi connectivity index (χ1v) is 9.01. The summed E-state index contributed by atoms with van der Waals surface area (Å²) < 4.78 is 30.9. The molecule has 0 unspecified atom stereocenters. The van der Waals surface area contributed by atoms with Gasteiger partial charge in [0.05, 0.1) is 10.5 Å². The molecular weight excluding hydrogens is 350 g/mol. The number of benzene rings is 2. The summed E-state index contributed by atoms with van der Waals surface area (Å²) in [6, 6.07) is 11.8. The monoisotopic (exact) mass is 361 g/mol. The standard InChI is InChI=1S/C15H11N3O4S2/c19-15(20)11-2-1-3-13(8-11)24(21,22)17-12-6-4-10(5-7-12)14-9-23-18-16-14/h1-9,17H,(H,19,20). The lowest BCUT2D eigenvalue weighted by molar-refractivity contribution is 0.0696. The Morgan fingerprint density at radius 1 is 1.12 bits per heavy atom. The summed E-state index contributed by atoms with van der Waals surface area (Å²) >= 11 is 1.23. The van der Waals surface area contributed by atoms with Crippen molar-refractivity contribution in [2.75, 3.05) is 4.72 Å². The molecule has 0 saturated carbocycles. The minimum atomic E-state index is -3.88. The number of anilines is 1. The van der Waals surface area contributed by atoms with Crippen LogP contribution in [0, 0.1) is 0 Å². The third-order valence-corrected chi connectivity index (χ3v) is 5.07. The minimum absolute atomic E-state index is 0.0933. The van der Waals surface area contributed by atoms with Gasteiger partial charge >= 0.3 is 5.97 Å². The zero-order chi connectivity index (χ0) is 17.2. The summed E-state index contributed by atoms with van der Waals surface area (Å²) in [4.78, 5) is 10.8.